The first-order chi connectivity index (χ1) is 15.8. The van der Waals surface area contributed by atoms with Crippen molar-refractivity contribution in [1.29, 1.82) is 0 Å². The summed E-state index contributed by atoms with van der Waals surface area (Å²) < 4.78 is 11.2. The van der Waals surface area contributed by atoms with Gasteiger partial charge in [-0.3, -0.25) is 9.59 Å². The molecule has 33 heavy (non-hydrogen) atoms. The molecule has 2 N–H and O–H groups in total. The van der Waals surface area contributed by atoms with Crippen LogP contribution in [0.1, 0.15) is 24.2 Å². The molecule has 1 unspecified atom stereocenters. The van der Waals surface area contributed by atoms with Crippen LogP contribution in [0.3, 0.4) is 0 Å². The fraction of sp³-hybridized carbons (Fsp3) is 0.154. The van der Waals surface area contributed by atoms with Gasteiger partial charge in [-0.2, -0.15) is 0 Å². The van der Waals surface area contributed by atoms with Crippen LogP contribution in [0.2, 0.25) is 5.02 Å². The lowest BCUT2D eigenvalue weighted by atomic mass is 10.2. The summed E-state index contributed by atoms with van der Waals surface area (Å²) in [4.78, 5) is 24.9. The Morgan fingerprint density at radius 2 is 1.55 bits per heavy atom. The Hall–Kier alpha value is -3.77. The molecule has 3 rings (SSSR count). The zero-order valence-electron chi connectivity index (χ0n) is 18.4. The van der Waals surface area contributed by atoms with Gasteiger partial charge in [0.25, 0.3) is 11.8 Å². The van der Waals surface area contributed by atoms with E-state index < -0.39 is 6.10 Å². The summed E-state index contributed by atoms with van der Waals surface area (Å²) in [6.07, 6.45) is -0.744. The van der Waals surface area contributed by atoms with Crippen molar-refractivity contribution in [2.75, 3.05) is 17.2 Å². The van der Waals surface area contributed by atoms with E-state index in [9.17, 15) is 9.59 Å². The first-order valence-corrected chi connectivity index (χ1v) is 10.7. The van der Waals surface area contributed by atoms with Crippen molar-refractivity contribution >= 4 is 34.8 Å². The van der Waals surface area contributed by atoms with Crippen molar-refractivity contribution < 1.29 is 19.1 Å². The van der Waals surface area contributed by atoms with Gasteiger partial charge in [0.1, 0.15) is 18.1 Å². The third-order valence-electron chi connectivity index (χ3n) is 4.52. The summed E-state index contributed by atoms with van der Waals surface area (Å²) in [5, 5.41) is 6.04. The Bertz CT molecular complexity index is 1130. The lowest BCUT2D eigenvalue weighted by Crippen LogP contribution is -2.30. The Kier molecular flexibility index (Phi) is 8.11. The second kappa shape index (κ2) is 11.2. The monoisotopic (exact) mass is 464 g/mol. The lowest BCUT2D eigenvalue weighted by Gasteiger charge is -2.15. The van der Waals surface area contributed by atoms with Gasteiger partial charge in [0, 0.05) is 16.9 Å². The van der Waals surface area contributed by atoms with Crippen LogP contribution in [0, 0.1) is 0 Å². The summed E-state index contributed by atoms with van der Waals surface area (Å²) in [6.45, 7) is 7.74. The summed E-state index contributed by atoms with van der Waals surface area (Å²) in [6, 6.07) is 20.6. The van der Waals surface area contributed by atoms with Crippen LogP contribution in [-0.2, 0) is 4.79 Å². The molecule has 0 bridgehead atoms. The smallest absolute Gasteiger partial charge is 0.265 e. The third-order valence-corrected chi connectivity index (χ3v) is 4.83. The van der Waals surface area contributed by atoms with Crippen molar-refractivity contribution in [3.8, 4) is 11.5 Å². The van der Waals surface area contributed by atoms with E-state index in [0.29, 0.717) is 40.1 Å². The van der Waals surface area contributed by atoms with E-state index in [-0.39, 0.29) is 11.8 Å². The second-order valence-electron chi connectivity index (χ2n) is 7.48. The van der Waals surface area contributed by atoms with Crippen molar-refractivity contribution in [1.82, 2.24) is 0 Å². The molecule has 0 aliphatic rings. The highest BCUT2D eigenvalue weighted by Crippen LogP contribution is 2.24. The number of ether oxygens (including phenoxy) is 2. The molecule has 2 amide bonds. The van der Waals surface area contributed by atoms with Gasteiger partial charge in [0.15, 0.2) is 6.10 Å². The first-order valence-electron chi connectivity index (χ1n) is 10.3. The molecule has 0 saturated heterocycles. The zero-order chi connectivity index (χ0) is 23.8. The van der Waals surface area contributed by atoms with Crippen LogP contribution < -0.4 is 20.1 Å². The van der Waals surface area contributed by atoms with E-state index in [1.54, 1.807) is 79.7 Å². The molecule has 3 aromatic rings. The largest absolute Gasteiger partial charge is 0.489 e. The van der Waals surface area contributed by atoms with Gasteiger partial charge in [-0.15, -0.1) is 0 Å². The van der Waals surface area contributed by atoms with Crippen LogP contribution in [0.15, 0.2) is 84.9 Å². The van der Waals surface area contributed by atoms with Crippen molar-refractivity contribution in [2.24, 2.45) is 0 Å². The molecule has 0 heterocycles. The van der Waals surface area contributed by atoms with Crippen LogP contribution in [-0.4, -0.2) is 24.5 Å². The SMILES string of the molecule is C=C(C)COc1ccc(C(=O)Nc2ccc(NC(=O)C(C)Oc3ccccc3Cl)cc2)cc1. The van der Waals surface area contributed by atoms with Crippen LogP contribution in [0.25, 0.3) is 0 Å². The maximum absolute atomic E-state index is 12.5. The second-order valence-corrected chi connectivity index (χ2v) is 7.89. The molecule has 0 saturated carbocycles. The van der Waals surface area contributed by atoms with Gasteiger partial charge in [0.05, 0.1) is 5.02 Å². The van der Waals surface area contributed by atoms with Crippen molar-refractivity contribution in [2.45, 2.75) is 20.0 Å². The molecular weight excluding hydrogens is 440 g/mol. The highest BCUT2D eigenvalue weighted by molar-refractivity contribution is 6.32. The fourth-order valence-electron chi connectivity index (χ4n) is 2.78. The van der Waals surface area contributed by atoms with E-state index in [1.165, 1.54) is 0 Å². The highest BCUT2D eigenvalue weighted by atomic mass is 35.5. The topological polar surface area (TPSA) is 76.7 Å². The van der Waals surface area contributed by atoms with Crippen LogP contribution in [0.4, 0.5) is 11.4 Å². The number of amides is 2. The Morgan fingerprint density at radius 3 is 2.15 bits per heavy atom. The van der Waals surface area contributed by atoms with Gasteiger partial charge in [-0.05, 0) is 80.1 Å². The molecule has 7 heteroatoms. The number of hydrogen-bond acceptors (Lipinski definition) is 4. The van der Waals surface area contributed by atoms with Gasteiger partial charge >= 0.3 is 0 Å². The zero-order valence-corrected chi connectivity index (χ0v) is 19.2. The number of hydrogen-bond donors (Lipinski definition) is 2. The number of anilines is 2. The van der Waals surface area contributed by atoms with Crippen molar-refractivity contribution in [3.05, 3.63) is 95.5 Å². The molecule has 1 atom stereocenters. The highest BCUT2D eigenvalue weighted by Gasteiger charge is 2.16. The average molecular weight is 465 g/mol. The number of benzene rings is 3. The predicted molar refractivity (Wildman–Crippen MR) is 131 cm³/mol. The van der Waals surface area contributed by atoms with Crippen LogP contribution in [0.5, 0.6) is 11.5 Å². The summed E-state index contributed by atoms with van der Waals surface area (Å²) >= 11 is 6.07. The molecule has 0 aliphatic heterocycles. The standard InChI is InChI=1S/C26H25ClN2O4/c1-17(2)16-32-22-14-8-19(9-15-22)26(31)29-21-12-10-20(11-13-21)28-25(30)18(3)33-24-7-5-4-6-23(24)27/h4-15,18H,1,16H2,2-3H3,(H,28,30)(H,29,31). The van der Waals surface area contributed by atoms with E-state index in [4.69, 9.17) is 21.1 Å². The van der Waals surface area contributed by atoms with Crippen LogP contribution >= 0.6 is 11.6 Å². The Morgan fingerprint density at radius 1 is 0.939 bits per heavy atom. The summed E-state index contributed by atoms with van der Waals surface area (Å²) in [7, 11) is 0. The predicted octanol–water partition coefficient (Wildman–Crippen LogP) is 5.95. The molecule has 0 fully saturated rings. The number of halogens is 1. The lowest BCUT2D eigenvalue weighted by molar-refractivity contribution is -0.122. The molecule has 3 aromatic carbocycles. The molecule has 6 nitrogen and oxygen atoms in total. The van der Waals surface area contributed by atoms with E-state index in [1.807, 2.05) is 6.92 Å². The normalized spacial score (nSPS) is 11.2. The maximum atomic E-state index is 12.5. The number of carbonyl (C=O) groups is 2. The van der Waals surface area contributed by atoms with Gasteiger partial charge in [-0.1, -0.05) is 30.3 Å². The van der Waals surface area contributed by atoms with Gasteiger partial charge < -0.3 is 20.1 Å². The minimum Gasteiger partial charge on any atom is -0.489 e. The number of nitrogens with one attached hydrogen (secondary N) is 2. The molecule has 0 aliphatic carbocycles. The third kappa shape index (κ3) is 7.12. The molecular formula is C26H25ClN2O4. The van der Waals surface area contributed by atoms with E-state index >= 15 is 0 Å². The first kappa shape index (κ1) is 23.9. The average Bonchev–Trinajstić information content (AvgIpc) is 2.80. The number of rotatable bonds is 9. The van der Waals surface area contributed by atoms with Crippen molar-refractivity contribution in [3.63, 3.8) is 0 Å². The van der Waals surface area contributed by atoms with E-state index in [2.05, 4.69) is 17.2 Å². The fourth-order valence-corrected chi connectivity index (χ4v) is 2.96. The minimum absolute atomic E-state index is 0.250. The van der Waals surface area contributed by atoms with Gasteiger partial charge in [-0.25, -0.2) is 0 Å². The molecule has 170 valence electrons. The quantitative estimate of drug-likeness (QED) is 0.383. The maximum Gasteiger partial charge on any atom is 0.265 e. The summed E-state index contributed by atoms with van der Waals surface area (Å²) in [5.74, 6) is 0.540. The number of para-hydroxylation sites is 1. The summed E-state index contributed by atoms with van der Waals surface area (Å²) in [5.41, 5.74) is 2.59. The number of carbonyl (C=O) groups excluding carboxylic acids is 2. The van der Waals surface area contributed by atoms with E-state index in [0.717, 1.165) is 5.57 Å². The molecule has 0 spiro atoms. The van der Waals surface area contributed by atoms with Gasteiger partial charge in [0.2, 0.25) is 0 Å². The molecule has 0 aromatic heterocycles. The Labute approximate surface area is 198 Å². The minimum atomic E-state index is -0.744. The Balaban J connectivity index is 1.53. The molecule has 0 radical (unpaired) electrons.